The minimum Gasteiger partial charge on any atom is -0.494 e. The first-order valence-corrected chi connectivity index (χ1v) is 9.70. The molecule has 0 spiro atoms. The molecule has 0 bridgehead atoms. The van der Waals surface area contributed by atoms with Gasteiger partial charge in [-0.05, 0) is 56.2 Å². The Morgan fingerprint density at radius 3 is 2.45 bits per heavy atom. The smallest absolute Gasteiger partial charge is 0.227 e. The lowest BCUT2D eigenvalue weighted by molar-refractivity contribution is -0.120. The number of anilines is 2. The number of aromatic nitrogens is 5. The van der Waals surface area contributed by atoms with E-state index in [0.29, 0.717) is 12.4 Å². The molecule has 0 aliphatic carbocycles. The highest BCUT2D eigenvalue weighted by atomic mass is 16.5. The van der Waals surface area contributed by atoms with E-state index in [1.54, 1.807) is 11.0 Å². The number of benzene rings is 1. The monoisotopic (exact) mass is 393 g/mol. The number of nitrogens with one attached hydrogen (secondary N) is 1. The number of amides is 1. The lowest BCUT2D eigenvalue weighted by atomic mass is 9.96. The van der Waals surface area contributed by atoms with Gasteiger partial charge in [0.05, 0.1) is 6.61 Å². The Hall–Kier alpha value is -3.49. The van der Waals surface area contributed by atoms with E-state index in [-0.39, 0.29) is 11.8 Å². The van der Waals surface area contributed by atoms with Crippen LogP contribution in [-0.2, 0) is 4.79 Å². The van der Waals surface area contributed by atoms with Crippen molar-refractivity contribution < 1.29 is 9.53 Å². The zero-order valence-corrected chi connectivity index (χ0v) is 16.2. The van der Waals surface area contributed by atoms with Crippen LogP contribution < -0.4 is 15.0 Å². The van der Waals surface area contributed by atoms with E-state index < -0.39 is 0 Å². The summed E-state index contributed by atoms with van der Waals surface area (Å²) < 4.78 is 6.99. The van der Waals surface area contributed by atoms with Crippen LogP contribution in [0.1, 0.15) is 19.8 Å². The van der Waals surface area contributed by atoms with Gasteiger partial charge < -0.3 is 15.0 Å². The quantitative estimate of drug-likeness (QED) is 0.686. The number of carbonyl (C=O) groups excluding carboxylic acids is 1. The first-order chi connectivity index (χ1) is 14.2. The van der Waals surface area contributed by atoms with Crippen LogP contribution in [0, 0.1) is 5.92 Å². The minimum absolute atomic E-state index is 0.0137. The van der Waals surface area contributed by atoms with Crippen molar-refractivity contribution in [3.8, 4) is 11.6 Å². The SMILES string of the molecule is CCOc1ccc(NC(=O)C2CCN(c3ccc(-n4cncn4)nn3)CC2)cc1. The standard InChI is InChI=1S/C20H23N7O2/c1-2-29-17-5-3-16(4-6-17)23-20(28)15-9-11-26(12-10-15)18-7-8-19(25-24-18)27-14-21-13-22-27/h3-8,13-15H,2,9-12H2,1H3,(H,23,28). The average molecular weight is 393 g/mol. The van der Waals surface area contributed by atoms with Crippen molar-refractivity contribution in [2.24, 2.45) is 5.92 Å². The van der Waals surface area contributed by atoms with Crippen LogP contribution in [0.3, 0.4) is 0 Å². The van der Waals surface area contributed by atoms with Crippen molar-refractivity contribution in [3.63, 3.8) is 0 Å². The molecule has 4 rings (SSSR count). The van der Waals surface area contributed by atoms with Gasteiger partial charge in [-0.3, -0.25) is 4.79 Å². The molecule has 0 radical (unpaired) electrons. The number of piperidine rings is 1. The molecule has 1 aliphatic rings. The summed E-state index contributed by atoms with van der Waals surface area (Å²) in [6.45, 7) is 4.09. The molecule has 0 atom stereocenters. The number of hydrogen-bond acceptors (Lipinski definition) is 7. The zero-order chi connectivity index (χ0) is 20.1. The van der Waals surface area contributed by atoms with Crippen LogP contribution in [0.15, 0.2) is 49.1 Å². The van der Waals surface area contributed by atoms with Crippen LogP contribution in [0.25, 0.3) is 5.82 Å². The normalized spacial score (nSPS) is 14.6. The number of nitrogens with zero attached hydrogens (tertiary/aromatic N) is 6. The van der Waals surface area contributed by atoms with Crippen molar-refractivity contribution in [1.82, 2.24) is 25.0 Å². The van der Waals surface area contributed by atoms with E-state index in [2.05, 4.69) is 30.5 Å². The van der Waals surface area contributed by atoms with Gasteiger partial charge in [0, 0.05) is 24.7 Å². The maximum absolute atomic E-state index is 12.6. The fraction of sp³-hybridized carbons (Fsp3) is 0.350. The van der Waals surface area contributed by atoms with Gasteiger partial charge in [0.15, 0.2) is 11.6 Å². The average Bonchev–Trinajstić information content (AvgIpc) is 3.31. The fourth-order valence-corrected chi connectivity index (χ4v) is 3.35. The third-order valence-electron chi connectivity index (χ3n) is 4.91. The fourth-order valence-electron chi connectivity index (χ4n) is 3.35. The predicted molar refractivity (Wildman–Crippen MR) is 108 cm³/mol. The molecule has 1 aromatic carbocycles. The highest BCUT2D eigenvalue weighted by molar-refractivity contribution is 5.92. The number of rotatable bonds is 6. The highest BCUT2D eigenvalue weighted by Crippen LogP contribution is 2.24. The molecular weight excluding hydrogens is 370 g/mol. The Labute approximate surface area is 168 Å². The predicted octanol–water partition coefficient (Wildman–Crippen LogP) is 2.31. The highest BCUT2D eigenvalue weighted by Gasteiger charge is 2.26. The molecule has 29 heavy (non-hydrogen) atoms. The van der Waals surface area contributed by atoms with Gasteiger partial charge in [-0.25, -0.2) is 9.67 Å². The van der Waals surface area contributed by atoms with E-state index in [9.17, 15) is 4.79 Å². The summed E-state index contributed by atoms with van der Waals surface area (Å²) in [6, 6.07) is 11.2. The van der Waals surface area contributed by atoms with Crippen molar-refractivity contribution in [2.45, 2.75) is 19.8 Å². The lowest BCUT2D eigenvalue weighted by Gasteiger charge is -2.31. The lowest BCUT2D eigenvalue weighted by Crippen LogP contribution is -2.38. The van der Waals surface area contributed by atoms with Crippen molar-refractivity contribution in [2.75, 3.05) is 29.9 Å². The van der Waals surface area contributed by atoms with Crippen LogP contribution in [0.5, 0.6) is 5.75 Å². The summed E-state index contributed by atoms with van der Waals surface area (Å²) >= 11 is 0. The first kappa shape index (κ1) is 18.9. The summed E-state index contributed by atoms with van der Waals surface area (Å²) in [7, 11) is 0. The van der Waals surface area contributed by atoms with E-state index in [0.717, 1.165) is 43.2 Å². The molecule has 2 aromatic heterocycles. The Morgan fingerprint density at radius 1 is 1.10 bits per heavy atom. The molecular formula is C20H23N7O2. The zero-order valence-electron chi connectivity index (χ0n) is 16.2. The summed E-state index contributed by atoms with van der Waals surface area (Å²) in [5.74, 6) is 2.27. The van der Waals surface area contributed by atoms with Crippen LogP contribution in [0.2, 0.25) is 0 Å². The molecule has 1 fully saturated rings. The summed E-state index contributed by atoms with van der Waals surface area (Å²) in [5, 5.41) is 15.5. The van der Waals surface area contributed by atoms with E-state index in [1.807, 2.05) is 43.3 Å². The maximum atomic E-state index is 12.6. The van der Waals surface area contributed by atoms with Crippen molar-refractivity contribution >= 4 is 17.4 Å². The molecule has 1 N–H and O–H groups in total. The minimum atomic E-state index is -0.0137. The largest absolute Gasteiger partial charge is 0.494 e. The van der Waals surface area contributed by atoms with Crippen LogP contribution in [0.4, 0.5) is 11.5 Å². The van der Waals surface area contributed by atoms with E-state index in [1.165, 1.54) is 6.33 Å². The molecule has 3 aromatic rings. The first-order valence-electron chi connectivity index (χ1n) is 9.70. The molecule has 9 heteroatoms. The molecule has 0 saturated carbocycles. The second-order valence-corrected chi connectivity index (χ2v) is 6.80. The molecule has 1 amide bonds. The summed E-state index contributed by atoms with van der Waals surface area (Å²) in [6.07, 6.45) is 4.58. The molecule has 0 unspecified atom stereocenters. The van der Waals surface area contributed by atoms with Crippen LogP contribution in [-0.4, -0.2) is 50.6 Å². The van der Waals surface area contributed by atoms with Gasteiger partial charge in [0.2, 0.25) is 5.91 Å². The Kier molecular flexibility index (Phi) is 5.64. The van der Waals surface area contributed by atoms with E-state index in [4.69, 9.17) is 4.74 Å². The number of carbonyl (C=O) groups is 1. The molecule has 3 heterocycles. The molecule has 1 saturated heterocycles. The van der Waals surface area contributed by atoms with Crippen molar-refractivity contribution in [3.05, 3.63) is 49.1 Å². The van der Waals surface area contributed by atoms with Gasteiger partial charge >= 0.3 is 0 Å². The van der Waals surface area contributed by atoms with Crippen LogP contribution >= 0.6 is 0 Å². The summed E-state index contributed by atoms with van der Waals surface area (Å²) in [5.41, 5.74) is 0.787. The second-order valence-electron chi connectivity index (χ2n) is 6.80. The number of hydrogen-bond donors (Lipinski definition) is 1. The van der Waals surface area contributed by atoms with Gasteiger partial charge in [-0.1, -0.05) is 0 Å². The Morgan fingerprint density at radius 2 is 1.83 bits per heavy atom. The Bertz CT molecular complexity index is 918. The van der Waals surface area contributed by atoms with Gasteiger partial charge in [-0.15, -0.1) is 10.2 Å². The van der Waals surface area contributed by atoms with Crippen molar-refractivity contribution in [1.29, 1.82) is 0 Å². The maximum Gasteiger partial charge on any atom is 0.227 e. The van der Waals surface area contributed by atoms with Gasteiger partial charge in [-0.2, -0.15) is 5.10 Å². The summed E-state index contributed by atoms with van der Waals surface area (Å²) in [4.78, 5) is 18.7. The third-order valence-corrected chi connectivity index (χ3v) is 4.91. The van der Waals surface area contributed by atoms with Gasteiger partial charge in [0.25, 0.3) is 0 Å². The Balaban J connectivity index is 1.30. The molecule has 9 nitrogen and oxygen atoms in total. The van der Waals surface area contributed by atoms with Gasteiger partial charge in [0.1, 0.15) is 18.4 Å². The molecule has 1 aliphatic heterocycles. The number of ether oxygens (including phenoxy) is 1. The topological polar surface area (TPSA) is 98.1 Å². The molecule has 150 valence electrons. The third kappa shape index (κ3) is 4.50. The second kappa shape index (κ2) is 8.68. The van der Waals surface area contributed by atoms with E-state index >= 15 is 0 Å².